The van der Waals surface area contributed by atoms with E-state index in [1.165, 1.54) is 4.57 Å². The van der Waals surface area contributed by atoms with Gasteiger partial charge in [-0.05, 0) is 18.2 Å². The van der Waals surface area contributed by atoms with E-state index < -0.39 is 5.76 Å². The Morgan fingerprint density at radius 2 is 2.35 bits per heavy atom. The average molecular weight is 231 g/mol. The molecule has 0 radical (unpaired) electrons. The zero-order chi connectivity index (χ0) is 12.4. The van der Waals surface area contributed by atoms with Gasteiger partial charge in [-0.1, -0.05) is 0 Å². The molecule has 0 atom stereocenters. The van der Waals surface area contributed by atoms with Gasteiger partial charge >= 0.3 is 5.76 Å². The van der Waals surface area contributed by atoms with E-state index >= 15 is 0 Å². The predicted octanol–water partition coefficient (Wildman–Crippen LogP) is 0.984. The average Bonchev–Trinajstić information content (AvgIpc) is 2.56. The van der Waals surface area contributed by atoms with Crippen molar-refractivity contribution in [2.24, 2.45) is 7.05 Å². The number of carbonyl (C=O) groups is 1. The highest BCUT2D eigenvalue weighted by molar-refractivity contribution is 5.93. The number of fused-ring (bicyclic) bond motifs is 1. The first-order valence-corrected chi connectivity index (χ1v) is 4.88. The summed E-state index contributed by atoms with van der Waals surface area (Å²) < 4.78 is 6.29. The van der Waals surface area contributed by atoms with Gasteiger partial charge in [0.25, 0.3) is 0 Å². The van der Waals surface area contributed by atoms with E-state index in [9.17, 15) is 9.59 Å². The van der Waals surface area contributed by atoms with Crippen molar-refractivity contribution >= 4 is 22.7 Å². The predicted molar refractivity (Wildman–Crippen MR) is 60.3 cm³/mol. The fourth-order valence-corrected chi connectivity index (χ4v) is 1.48. The number of aromatic nitrogens is 1. The molecule has 17 heavy (non-hydrogen) atoms. The van der Waals surface area contributed by atoms with Crippen molar-refractivity contribution < 1.29 is 9.21 Å². The summed E-state index contributed by atoms with van der Waals surface area (Å²) in [6.45, 7) is 0. The lowest BCUT2D eigenvalue weighted by Crippen LogP contribution is -2.11. The molecule has 86 valence electrons. The molecule has 0 spiro atoms. The number of carbonyl (C=O) groups excluding carboxylic acids is 1. The summed E-state index contributed by atoms with van der Waals surface area (Å²) in [6, 6.07) is 6.58. The van der Waals surface area contributed by atoms with Gasteiger partial charge in [-0.25, -0.2) is 4.79 Å². The number of hydrogen-bond acceptors (Lipinski definition) is 4. The topological polar surface area (TPSA) is 88.0 Å². The number of anilines is 1. The second-order valence-electron chi connectivity index (χ2n) is 3.49. The lowest BCUT2D eigenvalue weighted by molar-refractivity contribution is -0.115. The second kappa shape index (κ2) is 4.14. The van der Waals surface area contributed by atoms with E-state index in [0.717, 1.165) is 0 Å². The normalized spacial score (nSPS) is 10.1. The van der Waals surface area contributed by atoms with Gasteiger partial charge in [0, 0.05) is 12.7 Å². The van der Waals surface area contributed by atoms with Gasteiger partial charge in [0.05, 0.1) is 11.6 Å². The summed E-state index contributed by atoms with van der Waals surface area (Å²) in [5.41, 5.74) is 1.56. The van der Waals surface area contributed by atoms with Crippen molar-refractivity contribution in [1.82, 2.24) is 4.57 Å². The van der Waals surface area contributed by atoms with Crippen LogP contribution in [0.3, 0.4) is 0 Å². The Hall–Kier alpha value is -2.55. The number of rotatable bonds is 2. The lowest BCUT2D eigenvalue weighted by atomic mass is 10.2. The quantitative estimate of drug-likeness (QED) is 0.834. The Labute approximate surface area is 96.1 Å². The Kier molecular flexibility index (Phi) is 2.66. The zero-order valence-corrected chi connectivity index (χ0v) is 9.06. The molecule has 0 unspecified atom stereocenters. The zero-order valence-electron chi connectivity index (χ0n) is 9.06. The van der Waals surface area contributed by atoms with Crippen LogP contribution < -0.4 is 11.1 Å². The molecule has 2 rings (SSSR count). The van der Waals surface area contributed by atoms with Gasteiger partial charge in [-0.3, -0.25) is 9.36 Å². The summed E-state index contributed by atoms with van der Waals surface area (Å²) in [7, 11) is 1.58. The first kappa shape index (κ1) is 11.0. The van der Waals surface area contributed by atoms with Crippen LogP contribution in [0.15, 0.2) is 27.4 Å². The summed E-state index contributed by atoms with van der Waals surface area (Å²) in [5, 5.41) is 10.9. The summed E-state index contributed by atoms with van der Waals surface area (Å²) in [6.07, 6.45) is -0.206. The van der Waals surface area contributed by atoms with Crippen molar-refractivity contribution in [2.45, 2.75) is 6.42 Å². The van der Waals surface area contributed by atoms with E-state index in [2.05, 4.69) is 5.32 Å². The number of amides is 1. The molecule has 1 N–H and O–H groups in total. The van der Waals surface area contributed by atoms with Crippen LogP contribution in [-0.2, 0) is 11.8 Å². The third-order valence-electron chi connectivity index (χ3n) is 2.31. The standard InChI is InChI=1S/C11H9N3O3/c1-14-8-6-7(13-10(15)4-5-12)2-3-9(8)17-11(14)16/h2-3,6H,4H2,1H3,(H,13,15). The van der Waals surface area contributed by atoms with Crippen LogP contribution in [-0.4, -0.2) is 10.5 Å². The van der Waals surface area contributed by atoms with Crippen molar-refractivity contribution in [1.29, 1.82) is 5.26 Å². The highest BCUT2D eigenvalue weighted by Crippen LogP contribution is 2.17. The van der Waals surface area contributed by atoms with E-state index in [4.69, 9.17) is 9.68 Å². The molecule has 2 aromatic rings. The maximum absolute atomic E-state index is 11.2. The van der Waals surface area contributed by atoms with E-state index in [1.807, 2.05) is 0 Å². The van der Waals surface area contributed by atoms with Gasteiger partial charge in [0.2, 0.25) is 5.91 Å². The fourth-order valence-electron chi connectivity index (χ4n) is 1.48. The third kappa shape index (κ3) is 2.03. The van der Waals surface area contributed by atoms with Crippen molar-refractivity contribution in [3.8, 4) is 6.07 Å². The molecule has 0 bridgehead atoms. The van der Waals surface area contributed by atoms with E-state index in [1.54, 1.807) is 31.3 Å². The van der Waals surface area contributed by atoms with Crippen molar-refractivity contribution in [2.75, 3.05) is 5.32 Å². The molecule has 0 fully saturated rings. The van der Waals surface area contributed by atoms with Crippen LogP contribution in [0.2, 0.25) is 0 Å². The molecular formula is C11H9N3O3. The molecule has 0 saturated heterocycles. The fraction of sp³-hybridized carbons (Fsp3) is 0.182. The molecule has 0 saturated carbocycles. The number of hydrogen-bond donors (Lipinski definition) is 1. The molecular weight excluding hydrogens is 222 g/mol. The van der Waals surface area contributed by atoms with Crippen molar-refractivity contribution in [3.05, 3.63) is 28.7 Å². The minimum absolute atomic E-state index is 0.206. The Morgan fingerprint density at radius 1 is 1.59 bits per heavy atom. The minimum Gasteiger partial charge on any atom is -0.408 e. The smallest absolute Gasteiger partial charge is 0.408 e. The highest BCUT2D eigenvalue weighted by Gasteiger charge is 2.07. The van der Waals surface area contributed by atoms with Crippen LogP contribution in [0.25, 0.3) is 11.1 Å². The first-order valence-electron chi connectivity index (χ1n) is 4.88. The lowest BCUT2D eigenvalue weighted by Gasteiger charge is -2.02. The number of benzene rings is 1. The largest absolute Gasteiger partial charge is 0.419 e. The molecule has 1 aromatic heterocycles. The Balaban J connectivity index is 2.38. The number of oxazole rings is 1. The van der Waals surface area contributed by atoms with Crippen molar-refractivity contribution in [3.63, 3.8) is 0 Å². The van der Waals surface area contributed by atoms with Gasteiger partial charge in [0.1, 0.15) is 6.42 Å². The van der Waals surface area contributed by atoms with Gasteiger partial charge in [0.15, 0.2) is 5.58 Å². The molecule has 0 aliphatic carbocycles. The minimum atomic E-state index is -0.458. The van der Waals surface area contributed by atoms with Crippen LogP contribution in [0.4, 0.5) is 5.69 Å². The van der Waals surface area contributed by atoms with E-state index in [0.29, 0.717) is 16.8 Å². The molecule has 6 heteroatoms. The Bertz CT molecular complexity index is 675. The molecule has 0 aliphatic rings. The molecule has 0 aliphatic heterocycles. The number of nitrogens with zero attached hydrogens (tertiary/aromatic N) is 2. The molecule has 1 heterocycles. The Morgan fingerprint density at radius 3 is 3.06 bits per heavy atom. The van der Waals surface area contributed by atoms with Crippen LogP contribution in [0.1, 0.15) is 6.42 Å². The van der Waals surface area contributed by atoms with Crippen LogP contribution in [0.5, 0.6) is 0 Å². The summed E-state index contributed by atoms with van der Waals surface area (Å²) >= 11 is 0. The van der Waals surface area contributed by atoms with E-state index in [-0.39, 0.29) is 12.3 Å². The third-order valence-corrected chi connectivity index (χ3v) is 2.31. The number of nitriles is 1. The first-order chi connectivity index (χ1) is 8.11. The maximum atomic E-state index is 11.2. The maximum Gasteiger partial charge on any atom is 0.419 e. The molecule has 1 amide bonds. The summed E-state index contributed by atoms with van der Waals surface area (Å²) in [5.74, 6) is -0.846. The van der Waals surface area contributed by atoms with Crippen LogP contribution >= 0.6 is 0 Å². The number of nitrogens with one attached hydrogen (secondary N) is 1. The highest BCUT2D eigenvalue weighted by atomic mass is 16.4. The van der Waals surface area contributed by atoms with Crippen LogP contribution in [0, 0.1) is 11.3 Å². The van der Waals surface area contributed by atoms with Gasteiger partial charge in [-0.2, -0.15) is 5.26 Å². The molecule has 6 nitrogen and oxygen atoms in total. The van der Waals surface area contributed by atoms with Gasteiger partial charge < -0.3 is 9.73 Å². The second-order valence-corrected chi connectivity index (χ2v) is 3.49. The summed E-state index contributed by atoms with van der Waals surface area (Å²) in [4.78, 5) is 22.5. The molecule has 1 aromatic carbocycles. The monoisotopic (exact) mass is 231 g/mol. The SMILES string of the molecule is Cn1c(=O)oc2ccc(NC(=O)CC#N)cc21. The van der Waals surface area contributed by atoms with Gasteiger partial charge in [-0.15, -0.1) is 0 Å². The number of aryl methyl sites for hydroxylation is 1.